The van der Waals surface area contributed by atoms with Gasteiger partial charge in [0.1, 0.15) is 11.5 Å². The second-order valence-corrected chi connectivity index (χ2v) is 6.08. The summed E-state index contributed by atoms with van der Waals surface area (Å²) in [6, 6.07) is 27.4. The van der Waals surface area contributed by atoms with E-state index in [0.29, 0.717) is 5.90 Å². The highest BCUT2D eigenvalue weighted by atomic mass is 16.5. The van der Waals surface area contributed by atoms with Gasteiger partial charge in [-0.3, -0.25) is 0 Å². The van der Waals surface area contributed by atoms with Crippen LogP contribution in [0.2, 0.25) is 0 Å². The van der Waals surface area contributed by atoms with Gasteiger partial charge < -0.3 is 9.47 Å². The zero-order chi connectivity index (χ0) is 18.9. The quantitative estimate of drug-likeness (QED) is 0.293. The second kappa shape index (κ2) is 9.39. The molecule has 0 bridgehead atoms. The molecule has 0 saturated heterocycles. The van der Waals surface area contributed by atoms with Crippen LogP contribution in [0.1, 0.15) is 19.4 Å². The molecule has 0 amide bonds. The molecule has 3 heteroatoms. The highest BCUT2D eigenvalue weighted by molar-refractivity contribution is 5.96. The van der Waals surface area contributed by atoms with Gasteiger partial charge in [0, 0.05) is 5.57 Å². The molecule has 3 nitrogen and oxygen atoms in total. The lowest BCUT2D eigenvalue weighted by atomic mass is 10.1. The Morgan fingerprint density at radius 2 is 1.41 bits per heavy atom. The lowest BCUT2D eigenvalue weighted by molar-refractivity contribution is 0.473. The van der Waals surface area contributed by atoms with Crippen molar-refractivity contribution >= 4 is 11.6 Å². The third-order valence-electron chi connectivity index (χ3n) is 3.99. The number of para-hydroxylation sites is 2. The largest absolute Gasteiger partial charge is 0.465 e. The first-order valence-electron chi connectivity index (χ1n) is 9.04. The van der Waals surface area contributed by atoms with E-state index in [9.17, 15) is 0 Å². The van der Waals surface area contributed by atoms with Crippen LogP contribution in [0.4, 0.5) is 5.69 Å². The highest BCUT2D eigenvalue weighted by Gasteiger charge is 2.08. The third-order valence-corrected chi connectivity index (χ3v) is 3.99. The Kier molecular flexibility index (Phi) is 6.42. The number of aryl methyl sites for hydroxylation is 1. The maximum absolute atomic E-state index is 6.03. The number of rotatable bonds is 6. The fourth-order valence-electron chi connectivity index (χ4n) is 2.42. The Balaban J connectivity index is 1.87. The molecule has 27 heavy (non-hydrogen) atoms. The van der Waals surface area contributed by atoms with Gasteiger partial charge >= 0.3 is 0 Å². The highest BCUT2D eigenvalue weighted by Crippen LogP contribution is 2.19. The van der Waals surface area contributed by atoms with Crippen molar-refractivity contribution < 1.29 is 9.47 Å². The summed E-state index contributed by atoms with van der Waals surface area (Å²) in [7, 11) is 0. The topological polar surface area (TPSA) is 30.8 Å². The standard InChI is InChI=1S/C24H23NO2/c1-3-20-14-16-21(17-15-20)25-24(27-23-12-8-5-9-13-23)19(2)18-26-22-10-6-4-7-11-22/h4-18H,3H2,1-2H3/b19-18+,25-24?. The molecular weight excluding hydrogens is 334 g/mol. The minimum atomic E-state index is 0.501. The van der Waals surface area contributed by atoms with E-state index in [0.717, 1.165) is 29.2 Å². The van der Waals surface area contributed by atoms with Gasteiger partial charge in [-0.15, -0.1) is 0 Å². The van der Waals surface area contributed by atoms with E-state index in [1.165, 1.54) is 5.56 Å². The normalized spacial score (nSPS) is 11.9. The van der Waals surface area contributed by atoms with Crippen molar-refractivity contribution in [2.75, 3.05) is 0 Å². The molecule has 0 aliphatic carbocycles. The Bertz CT molecular complexity index is 898. The molecule has 3 aromatic carbocycles. The van der Waals surface area contributed by atoms with Gasteiger partial charge in [-0.2, -0.15) is 0 Å². The summed E-state index contributed by atoms with van der Waals surface area (Å²) in [4.78, 5) is 4.69. The first kappa shape index (κ1) is 18.5. The number of aliphatic imine (C=N–C) groups is 1. The summed E-state index contributed by atoms with van der Waals surface area (Å²) >= 11 is 0. The van der Waals surface area contributed by atoms with Crippen molar-refractivity contribution in [3.05, 3.63) is 102 Å². The summed E-state index contributed by atoms with van der Waals surface area (Å²) in [5, 5.41) is 0. The minimum Gasteiger partial charge on any atom is -0.465 e. The van der Waals surface area contributed by atoms with Crippen molar-refractivity contribution in [2.45, 2.75) is 20.3 Å². The van der Waals surface area contributed by atoms with Crippen LogP contribution in [-0.2, 0) is 6.42 Å². The number of ether oxygens (including phenoxy) is 2. The Morgan fingerprint density at radius 1 is 0.815 bits per heavy atom. The van der Waals surface area contributed by atoms with E-state index in [1.807, 2.05) is 79.7 Å². The molecule has 0 heterocycles. The molecule has 136 valence electrons. The third kappa shape index (κ3) is 5.58. The monoisotopic (exact) mass is 357 g/mol. The van der Waals surface area contributed by atoms with Gasteiger partial charge in [-0.05, 0) is 55.3 Å². The predicted octanol–water partition coefficient (Wildman–Crippen LogP) is 6.34. The minimum absolute atomic E-state index is 0.501. The van der Waals surface area contributed by atoms with Gasteiger partial charge in [0.05, 0.1) is 11.9 Å². The molecular formula is C24H23NO2. The molecule has 3 rings (SSSR count). The lowest BCUT2D eigenvalue weighted by Gasteiger charge is -2.10. The van der Waals surface area contributed by atoms with Crippen molar-refractivity contribution in [1.82, 2.24) is 0 Å². The average Bonchev–Trinajstić information content (AvgIpc) is 2.73. The van der Waals surface area contributed by atoms with Crippen LogP contribution in [0.25, 0.3) is 0 Å². The molecule has 0 N–H and O–H groups in total. The van der Waals surface area contributed by atoms with Crippen LogP contribution < -0.4 is 9.47 Å². The Labute approximate surface area is 160 Å². The SMILES string of the molecule is CCc1ccc(N=C(Oc2ccccc2)/C(C)=C/Oc2ccccc2)cc1. The first-order chi connectivity index (χ1) is 13.2. The van der Waals surface area contributed by atoms with E-state index >= 15 is 0 Å². The van der Waals surface area contributed by atoms with E-state index < -0.39 is 0 Å². The summed E-state index contributed by atoms with van der Waals surface area (Å²) < 4.78 is 11.8. The van der Waals surface area contributed by atoms with Crippen LogP contribution >= 0.6 is 0 Å². The molecule has 0 aromatic heterocycles. The molecule has 0 fully saturated rings. The molecule has 3 aromatic rings. The van der Waals surface area contributed by atoms with Crippen LogP contribution in [0.3, 0.4) is 0 Å². The molecule has 0 aliphatic heterocycles. The van der Waals surface area contributed by atoms with Crippen molar-refractivity contribution in [3.8, 4) is 11.5 Å². The van der Waals surface area contributed by atoms with Crippen LogP contribution in [0.5, 0.6) is 11.5 Å². The van der Waals surface area contributed by atoms with Crippen LogP contribution in [0, 0.1) is 0 Å². The van der Waals surface area contributed by atoms with Gasteiger partial charge in [-0.1, -0.05) is 55.5 Å². The van der Waals surface area contributed by atoms with Crippen molar-refractivity contribution in [2.24, 2.45) is 4.99 Å². The summed E-state index contributed by atoms with van der Waals surface area (Å²) in [6.45, 7) is 4.06. The molecule has 0 radical (unpaired) electrons. The van der Waals surface area contributed by atoms with E-state index in [4.69, 9.17) is 9.47 Å². The maximum atomic E-state index is 6.03. The van der Waals surface area contributed by atoms with Gasteiger partial charge in [0.25, 0.3) is 0 Å². The van der Waals surface area contributed by atoms with E-state index in [1.54, 1.807) is 6.26 Å². The summed E-state index contributed by atoms with van der Waals surface area (Å²) in [5.41, 5.74) is 2.91. The zero-order valence-electron chi connectivity index (χ0n) is 15.6. The van der Waals surface area contributed by atoms with Gasteiger partial charge in [0.2, 0.25) is 5.90 Å². The number of benzene rings is 3. The second-order valence-electron chi connectivity index (χ2n) is 6.08. The van der Waals surface area contributed by atoms with Crippen LogP contribution in [0.15, 0.2) is 102 Å². The molecule has 0 atom stereocenters. The number of nitrogens with zero attached hydrogens (tertiary/aromatic N) is 1. The Morgan fingerprint density at radius 3 is 2.00 bits per heavy atom. The average molecular weight is 357 g/mol. The first-order valence-corrected chi connectivity index (χ1v) is 9.04. The Hall–Kier alpha value is -3.33. The fraction of sp³-hybridized carbons (Fsp3) is 0.125. The van der Waals surface area contributed by atoms with Gasteiger partial charge in [0.15, 0.2) is 0 Å². The van der Waals surface area contributed by atoms with E-state index in [-0.39, 0.29) is 0 Å². The summed E-state index contributed by atoms with van der Waals surface area (Å²) in [5.74, 6) is 2.00. The molecule has 0 saturated carbocycles. The van der Waals surface area contributed by atoms with Crippen molar-refractivity contribution in [1.29, 1.82) is 0 Å². The predicted molar refractivity (Wildman–Crippen MR) is 111 cm³/mol. The van der Waals surface area contributed by atoms with E-state index in [2.05, 4.69) is 24.0 Å². The lowest BCUT2D eigenvalue weighted by Crippen LogP contribution is -2.10. The van der Waals surface area contributed by atoms with Gasteiger partial charge in [-0.25, -0.2) is 4.99 Å². The van der Waals surface area contributed by atoms with Crippen LogP contribution in [-0.4, -0.2) is 5.90 Å². The molecule has 0 aliphatic rings. The zero-order valence-corrected chi connectivity index (χ0v) is 15.6. The van der Waals surface area contributed by atoms with Crippen molar-refractivity contribution in [3.63, 3.8) is 0 Å². The molecule has 0 spiro atoms. The maximum Gasteiger partial charge on any atom is 0.225 e. The smallest absolute Gasteiger partial charge is 0.225 e. The fourth-order valence-corrected chi connectivity index (χ4v) is 2.42. The number of hydrogen-bond donors (Lipinski definition) is 0. The number of hydrogen-bond acceptors (Lipinski definition) is 3. The molecule has 0 unspecified atom stereocenters. The summed E-state index contributed by atoms with van der Waals surface area (Å²) in [6.07, 6.45) is 2.67.